The van der Waals surface area contributed by atoms with Gasteiger partial charge < -0.3 is 10.0 Å². The molecule has 1 N–H and O–H groups in total. The van der Waals surface area contributed by atoms with E-state index in [2.05, 4.69) is 17.0 Å². The molecule has 1 saturated heterocycles. The van der Waals surface area contributed by atoms with Gasteiger partial charge in [0.05, 0.1) is 5.56 Å². The molecule has 1 aliphatic heterocycles. The molecule has 124 valence electrons. The molecule has 2 aromatic carbocycles. The summed E-state index contributed by atoms with van der Waals surface area (Å²) in [6.07, 6.45) is 7.82. The zero-order valence-corrected chi connectivity index (χ0v) is 13.4. The van der Waals surface area contributed by atoms with E-state index >= 15 is 0 Å². The molecule has 24 heavy (non-hydrogen) atoms. The molecule has 0 bridgehead atoms. The number of halogens is 1. The molecule has 0 radical (unpaired) electrons. The van der Waals surface area contributed by atoms with Crippen molar-refractivity contribution in [1.29, 1.82) is 0 Å². The summed E-state index contributed by atoms with van der Waals surface area (Å²) in [5, 5.41) is 9.45. The fourth-order valence-corrected chi connectivity index (χ4v) is 3.00. The second-order valence-electron chi connectivity index (χ2n) is 6.03. The quantitative estimate of drug-likeness (QED) is 0.664. The number of hydrogen-bond donors (Lipinski definition) is 1. The minimum Gasteiger partial charge on any atom is -0.504 e. The summed E-state index contributed by atoms with van der Waals surface area (Å²) in [6.45, 7) is 2.16. The normalized spacial score (nSPS) is 15.0. The van der Waals surface area contributed by atoms with Crippen molar-refractivity contribution in [2.24, 2.45) is 0 Å². The first-order chi connectivity index (χ1) is 11.7. The summed E-state index contributed by atoms with van der Waals surface area (Å²) < 4.78 is 13.6. The summed E-state index contributed by atoms with van der Waals surface area (Å²) in [7, 11) is 0. The molecule has 4 heteroatoms. The summed E-state index contributed by atoms with van der Waals surface area (Å²) in [4.78, 5) is 13.2. The van der Waals surface area contributed by atoms with E-state index in [9.17, 15) is 14.3 Å². The Labute approximate surface area is 141 Å². The molecule has 0 aliphatic carbocycles. The van der Waals surface area contributed by atoms with Crippen LogP contribution < -0.4 is 4.90 Å². The van der Waals surface area contributed by atoms with Crippen molar-refractivity contribution in [3.8, 4) is 5.75 Å². The number of hydrogen-bond acceptors (Lipinski definition) is 3. The van der Waals surface area contributed by atoms with E-state index in [4.69, 9.17) is 0 Å². The smallest absolute Gasteiger partial charge is 0.166 e. The van der Waals surface area contributed by atoms with E-state index in [0.29, 0.717) is 11.8 Å². The SMILES string of the molecule is O=Cc1cc(C=Cc2cccc(N3CCCCC3)c2)cc(F)c1O. The summed E-state index contributed by atoms with van der Waals surface area (Å²) >= 11 is 0. The molecule has 1 fully saturated rings. The topological polar surface area (TPSA) is 40.5 Å². The fourth-order valence-electron chi connectivity index (χ4n) is 3.00. The van der Waals surface area contributed by atoms with E-state index in [1.54, 1.807) is 6.08 Å². The first kappa shape index (κ1) is 16.2. The lowest BCUT2D eigenvalue weighted by Gasteiger charge is -2.29. The standard InChI is InChI=1S/C20H20FNO2/c21-19-13-16(11-17(14-23)20(19)24)8-7-15-5-4-6-18(12-15)22-9-2-1-3-10-22/h4-8,11-14,24H,1-3,9-10H2. The lowest BCUT2D eigenvalue weighted by Crippen LogP contribution is -2.29. The predicted molar refractivity (Wildman–Crippen MR) is 94.9 cm³/mol. The zero-order chi connectivity index (χ0) is 16.9. The van der Waals surface area contributed by atoms with Crippen LogP contribution in [-0.4, -0.2) is 24.5 Å². The summed E-state index contributed by atoms with van der Waals surface area (Å²) in [5.41, 5.74) is 2.70. The maximum atomic E-state index is 13.6. The molecule has 0 amide bonds. The van der Waals surface area contributed by atoms with Gasteiger partial charge in [-0.3, -0.25) is 4.79 Å². The minimum absolute atomic E-state index is 0.0447. The Hall–Kier alpha value is -2.62. The van der Waals surface area contributed by atoms with Gasteiger partial charge in [-0.05, 0) is 54.7 Å². The summed E-state index contributed by atoms with van der Waals surface area (Å²) in [6, 6.07) is 10.9. The van der Waals surface area contributed by atoms with Gasteiger partial charge >= 0.3 is 0 Å². The lowest BCUT2D eigenvalue weighted by atomic mass is 10.1. The third kappa shape index (κ3) is 3.65. The largest absolute Gasteiger partial charge is 0.504 e. The molecular formula is C20H20FNO2. The Bertz CT molecular complexity index is 764. The molecule has 0 unspecified atom stereocenters. The number of phenols is 1. The first-order valence-corrected chi connectivity index (χ1v) is 8.18. The van der Waals surface area contributed by atoms with E-state index in [1.165, 1.54) is 37.1 Å². The van der Waals surface area contributed by atoms with E-state index in [0.717, 1.165) is 18.7 Å². The Morgan fingerprint density at radius 3 is 2.50 bits per heavy atom. The zero-order valence-electron chi connectivity index (χ0n) is 13.4. The highest BCUT2D eigenvalue weighted by molar-refractivity contribution is 5.82. The van der Waals surface area contributed by atoms with Crippen LogP contribution in [0.4, 0.5) is 10.1 Å². The Morgan fingerprint density at radius 1 is 1.00 bits per heavy atom. The van der Waals surface area contributed by atoms with Crippen LogP contribution in [0.3, 0.4) is 0 Å². The number of benzene rings is 2. The highest BCUT2D eigenvalue weighted by atomic mass is 19.1. The Balaban J connectivity index is 1.82. The fraction of sp³-hybridized carbons (Fsp3) is 0.250. The molecule has 0 saturated carbocycles. The van der Waals surface area contributed by atoms with E-state index in [-0.39, 0.29) is 5.56 Å². The monoisotopic (exact) mass is 325 g/mol. The third-order valence-electron chi connectivity index (χ3n) is 4.30. The number of carbonyl (C=O) groups excluding carboxylic acids is 1. The number of nitrogens with zero attached hydrogens (tertiary/aromatic N) is 1. The van der Waals surface area contributed by atoms with Crippen molar-refractivity contribution < 1.29 is 14.3 Å². The van der Waals surface area contributed by atoms with Crippen molar-refractivity contribution >= 4 is 24.1 Å². The average molecular weight is 325 g/mol. The van der Waals surface area contributed by atoms with Gasteiger partial charge in [-0.2, -0.15) is 0 Å². The maximum absolute atomic E-state index is 13.6. The molecule has 1 heterocycles. The van der Waals surface area contributed by atoms with Crippen molar-refractivity contribution in [3.05, 3.63) is 58.9 Å². The maximum Gasteiger partial charge on any atom is 0.166 e. The summed E-state index contributed by atoms with van der Waals surface area (Å²) in [5.74, 6) is -1.39. The molecule has 3 rings (SSSR count). The molecule has 1 aliphatic rings. The Morgan fingerprint density at radius 2 is 1.75 bits per heavy atom. The molecule has 2 aromatic rings. The van der Waals surface area contributed by atoms with Gasteiger partial charge in [-0.25, -0.2) is 4.39 Å². The van der Waals surface area contributed by atoms with Crippen LogP contribution in [-0.2, 0) is 0 Å². The minimum atomic E-state index is -0.790. The highest BCUT2D eigenvalue weighted by Crippen LogP contribution is 2.24. The van der Waals surface area contributed by atoms with Crippen LogP contribution in [0.15, 0.2) is 36.4 Å². The number of aromatic hydroxyl groups is 1. The van der Waals surface area contributed by atoms with E-state index < -0.39 is 11.6 Å². The Kier molecular flexibility index (Phi) is 4.94. The van der Waals surface area contributed by atoms with Crippen LogP contribution in [0.5, 0.6) is 5.75 Å². The van der Waals surface area contributed by atoms with Crippen LogP contribution in [0.25, 0.3) is 12.2 Å². The first-order valence-electron chi connectivity index (χ1n) is 8.18. The number of carbonyl (C=O) groups is 1. The van der Waals surface area contributed by atoms with Gasteiger partial charge in [0.25, 0.3) is 0 Å². The lowest BCUT2D eigenvalue weighted by molar-refractivity contribution is 0.112. The third-order valence-corrected chi connectivity index (χ3v) is 4.30. The van der Waals surface area contributed by atoms with Crippen LogP contribution in [0, 0.1) is 5.82 Å². The van der Waals surface area contributed by atoms with Crippen molar-refractivity contribution in [1.82, 2.24) is 0 Å². The second-order valence-corrected chi connectivity index (χ2v) is 6.03. The van der Waals surface area contributed by atoms with E-state index in [1.807, 2.05) is 18.2 Å². The van der Waals surface area contributed by atoms with Crippen LogP contribution in [0.2, 0.25) is 0 Å². The predicted octanol–water partition coefficient (Wildman–Crippen LogP) is 4.50. The second kappa shape index (κ2) is 7.30. The number of anilines is 1. The van der Waals surface area contributed by atoms with Crippen LogP contribution >= 0.6 is 0 Å². The number of piperidine rings is 1. The highest BCUT2D eigenvalue weighted by Gasteiger charge is 2.11. The molecule has 0 spiro atoms. The van der Waals surface area contributed by atoms with Crippen LogP contribution in [0.1, 0.15) is 40.7 Å². The van der Waals surface area contributed by atoms with Gasteiger partial charge in [-0.15, -0.1) is 0 Å². The van der Waals surface area contributed by atoms with Crippen molar-refractivity contribution in [2.45, 2.75) is 19.3 Å². The number of aldehydes is 1. The van der Waals surface area contributed by atoms with Gasteiger partial charge in [-0.1, -0.05) is 24.3 Å². The van der Waals surface area contributed by atoms with Crippen molar-refractivity contribution in [2.75, 3.05) is 18.0 Å². The van der Waals surface area contributed by atoms with Gasteiger partial charge in [0.15, 0.2) is 17.9 Å². The van der Waals surface area contributed by atoms with Gasteiger partial charge in [0.2, 0.25) is 0 Å². The number of rotatable bonds is 4. The molecule has 0 atom stereocenters. The van der Waals surface area contributed by atoms with Gasteiger partial charge in [0, 0.05) is 18.8 Å². The van der Waals surface area contributed by atoms with Crippen molar-refractivity contribution in [3.63, 3.8) is 0 Å². The molecule has 3 nitrogen and oxygen atoms in total. The molecule has 0 aromatic heterocycles. The average Bonchev–Trinajstić information content (AvgIpc) is 2.63. The number of phenolic OH excluding ortho intramolecular Hbond substituents is 1. The van der Waals surface area contributed by atoms with Gasteiger partial charge in [0.1, 0.15) is 0 Å². The molecular weight excluding hydrogens is 305 g/mol.